The lowest BCUT2D eigenvalue weighted by Crippen LogP contribution is -2.32. The molecule has 0 saturated carbocycles. The summed E-state index contributed by atoms with van der Waals surface area (Å²) >= 11 is 11.7. The molecule has 180 valence electrons. The molecule has 0 bridgehead atoms. The van der Waals surface area contributed by atoms with Gasteiger partial charge in [-0.2, -0.15) is 0 Å². The number of carbonyl (C=O) groups excluding carboxylic acids is 1. The number of aliphatic hydroxyl groups is 1. The van der Waals surface area contributed by atoms with Gasteiger partial charge in [0.2, 0.25) is 5.89 Å². The van der Waals surface area contributed by atoms with Crippen molar-refractivity contribution in [2.24, 2.45) is 0 Å². The van der Waals surface area contributed by atoms with Crippen LogP contribution in [0.3, 0.4) is 0 Å². The highest BCUT2D eigenvalue weighted by molar-refractivity contribution is 6.31. The Hall–Kier alpha value is -3.59. The van der Waals surface area contributed by atoms with Gasteiger partial charge in [0.15, 0.2) is 12.4 Å². The van der Waals surface area contributed by atoms with E-state index < -0.39 is 18.0 Å². The summed E-state index contributed by atoms with van der Waals surface area (Å²) in [6, 6.07) is 17.4. The Morgan fingerprint density at radius 3 is 2.74 bits per heavy atom. The van der Waals surface area contributed by atoms with E-state index in [-0.39, 0.29) is 18.2 Å². The van der Waals surface area contributed by atoms with Crippen molar-refractivity contribution in [3.63, 3.8) is 0 Å². The molecule has 0 radical (unpaired) electrons. The van der Waals surface area contributed by atoms with Crippen LogP contribution in [0.15, 0.2) is 77.3 Å². The molecule has 0 fully saturated rings. The first kappa shape index (κ1) is 24.5. The van der Waals surface area contributed by atoms with Gasteiger partial charge in [-0.15, -0.1) is 0 Å². The van der Waals surface area contributed by atoms with Crippen LogP contribution in [0.2, 0.25) is 10.0 Å². The number of nitrogens with zero attached hydrogens (tertiary/aromatic N) is 1. The second-order valence-electron chi connectivity index (χ2n) is 7.44. The van der Waals surface area contributed by atoms with Gasteiger partial charge in [0, 0.05) is 17.1 Å². The number of oxazole rings is 1. The molecule has 3 N–H and O–H groups in total. The molecule has 35 heavy (non-hydrogen) atoms. The fourth-order valence-electron chi connectivity index (χ4n) is 3.18. The summed E-state index contributed by atoms with van der Waals surface area (Å²) in [7, 11) is 0. The van der Waals surface area contributed by atoms with Crippen LogP contribution in [0.25, 0.3) is 11.3 Å². The van der Waals surface area contributed by atoms with E-state index in [9.17, 15) is 14.3 Å². The molecule has 3 aromatic carbocycles. The average Bonchev–Trinajstić information content (AvgIpc) is 3.33. The Morgan fingerprint density at radius 1 is 1.11 bits per heavy atom. The minimum absolute atomic E-state index is 0.0295. The number of halogens is 3. The third-order valence-electron chi connectivity index (χ3n) is 4.93. The maximum absolute atomic E-state index is 13.6. The van der Waals surface area contributed by atoms with Crippen LogP contribution in [0.1, 0.15) is 17.6 Å². The zero-order chi connectivity index (χ0) is 24.8. The second kappa shape index (κ2) is 11.2. The Labute approximate surface area is 210 Å². The molecule has 0 aliphatic heterocycles. The van der Waals surface area contributed by atoms with Gasteiger partial charge < -0.3 is 24.9 Å². The van der Waals surface area contributed by atoms with E-state index >= 15 is 0 Å². The van der Waals surface area contributed by atoms with Crippen molar-refractivity contribution in [2.45, 2.75) is 12.7 Å². The number of rotatable bonds is 8. The van der Waals surface area contributed by atoms with Gasteiger partial charge in [-0.3, -0.25) is 0 Å². The number of nitrogens with one attached hydrogen (secondary N) is 2. The highest BCUT2D eigenvalue weighted by atomic mass is 35.5. The molecule has 4 rings (SSSR count). The molecule has 10 heteroatoms. The minimum Gasteiger partial charge on any atom is -0.482 e. The summed E-state index contributed by atoms with van der Waals surface area (Å²) in [6.07, 6.45) is 0.470. The molecule has 0 saturated heterocycles. The van der Waals surface area contributed by atoms with Gasteiger partial charge in [-0.05, 0) is 42.0 Å². The summed E-state index contributed by atoms with van der Waals surface area (Å²) in [6.45, 7) is -0.111. The quantitative estimate of drug-likeness (QED) is 0.258. The monoisotopic (exact) mass is 515 g/mol. The van der Waals surface area contributed by atoms with Gasteiger partial charge in [0.25, 0.3) is 0 Å². The molecule has 0 spiro atoms. The van der Waals surface area contributed by atoms with Crippen LogP contribution in [0.5, 0.6) is 5.75 Å². The van der Waals surface area contributed by atoms with E-state index in [0.29, 0.717) is 33.7 Å². The Kier molecular flexibility index (Phi) is 7.87. The van der Waals surface area contributed by atoms with Crippen LogP contribution in [-0.2, 0) is 6.61 Å². The predicted molar refractivity (Wildman–Crippen MR) is 131 cm³/mol. The first-order valence-corrected chi connectivity index (χ1v) is 11.2. The lowest BCUT2D eigenvalue weighted by Gasteiger charge is -2.15. The third-order valence-corrected chi connectivity index (χ3v) is 5.48. The second-order valence-corrected chi connectivity index (χ2v) is 8.28. The van der Waals surface area contributed by atoms with Crippen molar-refractivity contribution in [1.82, 2.24) is 10.3 Å². The molecular formula is C25H20Cl2FN3O4. The smallest absolute Gasteiger partial charge is 0.319 e. The standard InChI is InChI=1S/C25H20Cl2FN3O4/c26-17-5-3-4-16(10-17)23-13-29-24(35-23)14-34-22-7-2-1-6-20(22)31-25(33)30-12-21(32)15-8-9-18(27)19(28)11-15/h1-11,13,21,32H,12,14H2,(H2,30,31,33). The molecule has 1 atom stereocenters. The highest BCUT2D eigenvalue weighted by Gasteiger charge is 2.14. The van der Waals surface area contributed by atoms with Crippen molar-refractivity contribution in [3.8, 4) is 17.1 Å². The number of amides is 2. The fraction of sp³-hybridized carbons (Fsp3) is 0.120. The third kappa shape index (κ3) is 6.51. The molecule has 0 aliphatic rings. The first-order chi connectivity index (χ1) is 16.9. The Bertz CT molecular complexity index is 1330. The number of ether oxygens (including phenoxy) is 1. The number of carbonyl (C=O) groups is 1. The maximum atomic E-state index is 13.6. The molecule has 1 unspecified atom stereocenters. The van der Waals surface area contributed by atoms with Crippen LogP contribution >= 0.6 is 23.2 Å². The SMILES string of the molecule is O=C(NCC(O)c1ccc(Cl)c(F)c1)Nc1ccccc1OCc1ncc(-c2cccc(Cl)c2)o1. The first-order valence-electron chi connectivity index (χ1n) is 10.5. The zero-order valence-electron chi connectivity index (χ0n) is 18.2. The Balaban J connectivity index is 1.33. The van der Waals surface area contributed by atoms with Gasteiger partial charge in [0.05, 0.1) is 23.0 Å². The van der Waals surface area contributed by atoms with E-state index in [1.54, 1.807) is 42.6 Å². The largest absolute Gasteiger partial charge is 0.482 e. The fourth-order valence-corrected chi connectivity index (χ4v) is 3.49. The van der Waals surface area contributed by atoms with Crippen LogP contribution in [0, 0.1) is 5.82 Å². The molecule has 2 amide bonds. The summed E-state index contributed by atoms with van der Waals surface area (Å²) in [5.41, 5.74) is 1.48. The van der Waals surface area contributed by atoms with E-state index in [0.717, 1.165) is 11.6 Å². The number of hydrogen-bond donors (Lipinski definition) is 3. The molecule has 7 nitrogen and oxygen atoms in total. The zero-order valence-corrected chi connectivity index (χ0v) is 19.7. The van der Waals surface area contributed by atoms with Gasteiger partial charge >= 0.3 is 6.03 Å². The number of para-hydroxylation sites is 2. The van der Waals surface area contributed by atoms with Crippen LogP contribution in [0.4, 0.5) is 14.9 Å². The lowest BCUT2D eigenvalue weighted by atomic mass is 10.1. The van der Waals surface area contributed by atoms with Gasteiger partial charge in [-0.25, -0.2) is 14.2 Å². The summed E-state index contributed by atoms with van der Waals surface area (Å²) in [4.78, 5) is 16.6. The van der Waals surface area contributed by atoms with E-state index in [1.165, 1.54) is 12.1 Å². The van der Waals surface area contributed by atoms with Crippen molar-refractivity contribution in [2.75, 3.05) is 11.9 Å². The Morgan fingerprint density at radius 2 is 1.94 bits per heavy atom. The molecular weight excluding hydrogens is 496 g/mol. The van der Waals surface area contributed by atoms with Crippen molar-refractivity contribution < 1.29 is 23.4 Å². The molecule has 4 aromatic rings. The number of aromatic nitrogens is 1. The van der Waals surface area contributed by atoms with Gasteiger partial charge in [0.1, 0.15) is 11.6 Å². The number of urea groups is 1. The van der Waals surface area contributed by atoms with E-state index in [2.05, 4.69) is 15.6 Å². The average molecular weight is 516 g/mol. The molecule has 1 aromatic heterocycles. The van der Waals surface area contributed by atoms with Crippen LogP contribution < -0.4 is 15.4 Å². The number of benzene rings is 3. The minimum atomic E-state index is -1.11. The van der Waals surface area contributed by atoms with Crippen molar-refractivity contribution >= 4 is 34.9 Å². The summed E-state index contributed by atoms with van der Waals surface area (Å²) in [5, 5.41) is 16.0. The summed E-state index contributed by atoms with van der Waals surface area (Å²) in [5.74, 6) is 0.642. The topological polar surface area (TPSA) is 96.6 Å². The van der Waals surface area contributed by atoms with Gasteiger partial charge in [-0.1, -0.05) is 53.5 Å². The molecule has 0 aliphatic carbocycles. The summed E-state index contributed by atoms with van der Waals surface area (Å²) < 4.78 is 25.1. The predicted octanol–water partition coefficient (Wildman–Crippen LogP) is 6.22. The van der Waals surface area contributed by atoms with E-state index in [1.807, 2.05) is 12.1 Å². The number of aliphatic hydroxyl groups excluding tert-OH is 1. The highest BCUT2D eigenvalue weighted by Crippen LogP contribution is 2.27. The lowest BCUT2D eigenvalue weighted by molar-refractivity contribution is 0.174. The number of hydrogen-bond acceptors (Lipinski definition) is 5. The normalized spacial score (nSPS) is 11.7. The number of anilines is 1. The van der Waals surface area contributed by atoms with Crippen molar-refractivity contribution in [3.05, 3.63) is 100 Å². The van der Waals surface area contributed by atoms with Crippen LogP contribution in [-0.4, -0.2) is 22.7 Å². The molecule has 1 heterocycles. The maximum Gasteiger partial charge on any atom is 0.319 e. The van der Waals surface area contributed by atoms with E-state index in [4.69, 9.17) is 32.4 Å². The van der Waals surface area contributed by atoms with Crippen molar-refractivity contribution in [1.29, 1.82) is 0 Å².